The Morgan fingerprint density at radius 2 is 2.12 bits per heavy atom. The molecule has 0 spiro atoms. The highest BCUT2D eigenvalue weighted by atomic mass is 16.3. The monoisotopic (exact) mass is 326 g/mol. The Morgan fingerprint density at radius 1 is 1.38 bits per heavy atom. The highest BCUT2D eigenvalue weighted by molar-refractivity contribution is 5.85. The summed E-state index contributed by atoms with van der Waals surface area (Å²) in [5.74, 6) is 1.28. The fourth-order valence-corrected chi connectivity index (χ4v) is 3.60. The summed E-state index contributed by atoms with van der Waals surface area (Å²) in [5.41, 5.74) is 16.8. The van der Waals surface area contributed by atoms with E-state index in [4.69, 9.17) is 11.5 Å². The lowest BCUT2D eigenvalue weighted by atomic mass is 9.92. The van der Waals surface area contributed by atoms with Crippen molar-refractivity contribution in [1.82, 2.24) is 9.88 Å². The lowest BCUT2D eigenvalue weighted by molar-refractivity contribution is 0.248. The van der Waals surface area contributed by atoms with Crippen molar-refractivity contribution in [2.24, 2.45) is 5.73 Å². The maximum atomic E-state index is 9.97. The van der Waals surface area contributed by atoms with E-state index in [-0.39, 0.29) is 5.75 Å². The number of aromatic hydroxyl groups is 1. The van der Waals surface area contributed by atoms with Crippen molar-refractivity contribution in [3.05, 3.63) is 46.6 Å². The molecular formula is C19H26N4O. The first-order valence-electron chi connectivity index (χ1n) is 8.39. The Hall–Kier alpha value is -2.40. The predicted octanol–water partition coefficient (Wildman–Crippen LogP) is 2.88. The van der Waals surface area contributed by atoms with Gasteiger partial charge in [-0.3, -0.25) is 0 Å². The molecule has 1 aliphatic heterocycles. The van der Waals surface area contributed by atoms with E-state index < -0.39 is 0 Å². The number of nitrogens with two attached hydrogens (primary N) is 2. The molecule has 1 saturated heterocycles. The Bertz CT molecular complexity index is 763. The van der Waals surface area contributed by atoms with E-state index in [1.807, 2.05) is 12.1 Å². The minimum absolute atomic E-state index is 0.173. The molecule has 3 rings (SSSR count). The number of phenolic OH excluding ortho intramolecular Hbond substituents is 1. The molecule has 5 nitrogen and oxygen atoms in total. The third-order valence-electron chi connectivity index (χ3n) is 4.92. The maximum absolute atomic E-state index is 9.97. The summed E-state index contributed by atoms with van der Waals surface area (Å²) >= 11 is 0. The number of para-hydroxylation sites is 1. The van der Waals surface area contributed by atoms with Gasteiger partial charge >= 0.3 is 0 Å². The minimum Gasteiger partial charge on any atom is -0.507 e. The van der Waals surface area contributed by atoms with E-state index in [1.54, 1.807) is 18.2 Å². The molecule has 1 aromatic heterocycles. The number of hydrogen-bond donors (Lipinski definition) is 4. The van der Waals surface area contributed by atoms with Crippen molar-refractivity contribution in [3.63, 3.8) is 0 Å². The first-order valence-corrected chi connectivity index (χ1v) is 8.39. The zero-order valence-electron chi connectivity index (χ0n) is 14.3. The minimum atomic E-state index is 0.173. The van der Waals surface area contributed by atoms with Crippen LogP contribution in [0.15, 0.2) is 24.3 Å². The van der Waals surface area contributed by atoms with Gasteiger partial charge in [-0.1, -0.05) is 12.1 Å². The zero-order chi connectivity index (χ0) is 17.3. The number of hydrogen-bond acceptors (Lipinski definition) is 4. The Balaban J connectivity index is 1.95. The van der Waals surface area contributed by atoms with Crippen LogP contribution in [0.5, 0.6) is 5.75 Å². The smallest absolute Gasteiger partial charge is 0.124 e. The van der Waals surface area contributed by atoms with Crippen LogP contribution in [0.25, 0.3) is 11.8 Å². The molecule has 1 aliphatic rings. The summed E-state index contributed by atoms with van der Waals surface area (Å²) in [4.78, 5) is 5.72. The number of nitrogen functional groups attached to an aromatic ring is 1. The van der Waals surface area contributed by atoms with Crippen LogP contribution in [0.4, 0.5) is 5.82 Å². The molecule has 0 bridgehead atoms. The first kappa shape index (κ1) is 16.5. The van der Waals surface area contributed by atoms with Gasteiger partial charge < -0.3 is 26.5 Å². The molecule has 1 atom stereocenters. The quantitative estimate of drug-likeness (QED) is 0.698. The standard InChI is InChI=1S/C19H26N4O/c1-12-15(10-16(20)14-7-3-4-8-17(14)24)19(21)22-18(12)13-6-5-9-23(2)11-13/h3-4,7-8,10,13,22,24H,5-6,9,11,20-21H2,1-2H3/b16-10-. The fraction of sp³-hybridized carbons (Fsp3) is 0.368. The van der Waals surface area contributed by atoms with Crippen LogP contribution in [-0.2, 0) is 0 Å². The van der Waals surface area contributed by atoms with Gasteiger partial charge in [-0.05, 0) is 57.1 Å². The molecule has 0 radical (unpaired) electrons. The Labute approximate surface area is 143 Å². The first-order chi connectivity index (χ1) is 11.5. The Morgan fingerprint density at radius 3 is 2.83 bits per heavy atom. The van der Waals surface area contributed by atoms with Crippen LogP contribution >= 0.6 is 0 Å². The van der Waals surface area contributed by atoms with Crippen LogP contribution < -0.4 is 11.5 Å². The van der Waals surface area contributed by atoms with Crippen molar-refractivity contribution < 1.29 is 5.11 Å². The van der Waals surface area contributed by atoms with Gasteiger partial charge in [0.25, 0.3) is 0 Å². The predicted molar refractivity (Wildman–Crippen MR) is 99.6 cm³/mol. The number of nitrogens with zero attached hydrogens (tertiary/aromatic N) is 1. The second kappa shape index (κ2) is 6.61. The summed E-state index contributed by atoms with van der Waals surface area (Å²) in [7, 11) is 2.16. The fourth-order valence-electron chi connectivity index (χ4n) is 3.60. The lowest BCUT2D eigenvalue weighted by Crippen LogP contribution is -2.31. The third kappa shape index (κ3) is 3.12. The normalized spacial score (nSPS) is 19.6. The molecule has 1 fully saturated rings. The van der Waals surface area contributed by atoms with Gasteiger partial charge in [0.1, 0.15) is 11.6 Å². The molecule has 6 N–H and O–H groups in total. The second-order valence-electron chi connectivity index (χ2n) is 6.71. The topological polar surface area (TPSA) is 91.3 Å². The SMILES string of the molecule is Cc1c(C2CCCN(C)C2)[nH]c(N)c1/C=C(\N)c1ccccc1O. The third-order valence-corrected chi connectivity index (χ3v) is 4.92. The van der Waals surface area contributed by atoms with E-state index in [1.165, 1.54) is 18.5 Å². The molecule has 5 heteroatoms. The number of nitrogens with one attached hydrogen (secondary N) is 1. The van der Waals surface area contributed by atoms with Gasteiger partial charge in [-0.25, -0.2) is 0 Å². The number of rotatable bonds is 3. The number of likely N-dealkylation sites (N-methyl/N-ethyl adjacent to an activating group) is 1. The molecule has 2 aromatic rings. The lowest BCUT2D eigenvalue weighted by Gasteiger charge is -2.29. The summed E-state index contributed by atoms with van der Waals surface area (Å²) in [6.07, 6.45) is 4.22. The largest absolute Gasteiger partial charge is 0.507 e. The number of aromatic nitrogens is 1. The van der Waals surface area contributed by atoms with Crippen LogP contribution in [0.1, 0.15) is 41.1 Å². The zero-order valence-corrected chi connectivity index (χ0v) is 14.3. The summed E-state index contributed by atoms with van der Waals surface area (Å²) in [6, 6.07) is 7.06. The Kier molecular flexibility index (Phi) is 4.53. The van der Waals surface area contributed by atoms with Crippen LogP contribution in [0, 0.1) is 6.92 Å². The van der Waals surface area contributed by atoms with Gasteiger partial charge in [-0.2, -0.15) is 0 Å². The van der Waals surface area contributed by atoms with Crippen LogP contribution in [0.2, 0.25) is 0 Å². The molecule has 24 heavy (non-hydrogen) atoms. The van der Waals surface area contributed by atoms with E-state index in [9.17, 15) is 5.11 Å². The van der Waals surface area contributed by atoms with Gasteiger partial charge in [-0.15, -0.1) is 0 Å². The molecule has 2 heterocycles. The summed E-state index contributed by atoms with van der Waals surface area (Å²) < 4.78 is 0. The number of phenols is 1. The van der Waals surface area contributed by atoms with Crippen molar-refractivity contribution in [3.8, 4) is 5.75 Å². The molecular weight excluding hydrogens is 300 g/mol. The van der Waals surface area contributed by atoms with Crippen LogP contribution in [-0.4, -0.2) is 35.1 Å². The van der Waals surface area contributed by atoms with E-state index in [0.717, 1.165) is 24.2 Å². The number of likely N-dealkylation sites (tertiary alicyclic amines) is 1. The van der Waals surface area contributed by atoms with E-state index >= 15 is 0 Å². The number of piperidine rings is 1. The van der Waals surface area contributed by atoms with E-state index in [2.05, 4.69) is 23.9 Å². The average molecular weight is 326 g/mol. The molecule has 0 saturated carbocycles. The molecule has 128 valence electrons. The van der Waals surface area contributed by atoms with Crippen molar-refractivity contribution in [1.29, 1.82) is 0 Å². The van der Waals surface area contributed by atoms with Gasteiger partial charge in [0, 0.05) is 35.0 Å². The van der Waals surface area contributed by atoms with Gasteiger partial charge in [0.15, 0.2) is 0 Å². The maximum Gasteiger partial charge on any atom is 0.124 e. The molecule has 1 aromatic carbocycles. The number of benzene rings is 1. The highest BCUT2D eigenvalue weighted by Gasteiger charge is 2.24. The van der Waals surface area contributed by atoms with Crippen molar-refractivity contribution in [2.45, 2.75) is 25.7 Å². The van der Waals surface area contributed by atoms with Gasteiger partial charge in [0.05, 0.1) is 0 Å². The van der Waals surface area contributed by atoms with Crippen molar-refractivity contribution >= 4 is 17.6 Å². The average Bonchev–Trinajstić information content (AvgIpc) is 2.83. The summed E-state index contributed by atoms with van der Waals surface area (Å²) in [6.45, 7) is 4.28. The molecule has 1 unspecified atom stereocenters. The number of aromatic amines is 1. The molecule has 0 aliphatic carbocycles. The molecule has 0 amide bonds. The van der Waals surface area contributed by atoms with Crippen LogP contribution in [0.3, 0.4) is 0 Å². The second-order valence-corrected chi connectivity index (χ2v) is 6.71. The summed E-state index contributed by atoms with van der Waals surface area (Å²) in [5, 5.41) is 9.97. The number of anilines is 1. The highest BCUT2D eigenvalue weighted by Crippen LogP contribution is 2.34. The number of H-pyrrole nitrogens is 1. The van der Waals surface area contributed by atoms with Crippen molar-refractivity contribution in [2.75, 3.05) is 25.9 Å². The van der Waals surface area contributed by atoms with E-state index in [0.29, 0.717) is 23.0 Å². The van der Waals surface area contributed by atoms with Gasteiger partial charge in [0.2, 0.25) is 0 Å².